The zero-order valence-electron chi connectivity index (χ0n) is 1.32. The average molecular weight is 250 g/mol. The van der Waals surface area contributed by atoms with Gasteiger partial charge in [-0.3, -0.25) is 0 Å². The Balaban J connectivity index is -0.0000000200. The van der Waals surface area contributed by atoms with Crippen LogP contribution >= 0.6 is 0 Å². The van der Waals surface area contributed by atoms with Crippen LogP contribution in [0.15, 0.2) is 0 Å². The Hall–Kier alpha value is 1.80. The van der Waals surface area contributed by atoms with Gasteiger partial charge in [0.1, 0.15) is 0 Å². The van der Waals surface area contributed by atoms with Crippen molar-refractivity contribution in [1.82, 2.24) is 0 Å². The zero-order valence-corrected chi connectivity index (χ0v) is 4.17. The third kappa shape index (κ3) is 25.8. The van der Waals surface area contributed by atoms with Crippen LogP contribution in [-0.4, -0.2) is 64.0 Å². The monoisotopic (exact) mass is 250 g/mol. The molecule has 0 fully saturated rings. The van der Waals surface area contributed by atoms with Crippen LogP contribution < -0.4 is 0 Å². The fraction of sp³-hybridized carbons (Fsp3) is 0. The predicted octanol–water partition coefficient (Wildman–Crippen LogP) is -2.72. The third-order valence-electron chi connectivity index (χ3n) is 0. The Labute approximate surface area is 69.3 Å². The van der Waals surface area contributed by atoms with E-state index in [1.165, 1.54) is 0 Å². The minimum atomic E-state index is -2.27. The molecule has 0 atom stereocenters. The third-order valence-corrected chi connectivity index (χ3v) is 0. The summed E-state index contributed by atoms with van der Waals surface area (Å²) in [4.78, 5) is 0. The number of hydrogen-bond acceptors (Lipinski definition) is 2. The van der Waals surface area contributed by atoms with Crippen molar-refractivity contribution >= 4 is 64.0 Å². The Morgan fingerprint density at radius 1 is 1.20 bits per heavy atom. The molecule has 0 bridgehead atoms. The van der Waals surface area contributed by atoms with Gasteiger partial charge in [0.2, 0.25) is 0 Å². The summed E-state index contributed by atoms with van der Waals surface area (Å²) >= 11 is -2.27. The van der Waals surface area contributed by atoms with Gasteiger partial charge in [-0.05, 0) is 0 Å². The second-order valence-electron chi connectivity index (χ2n) is 0.0833. The van der Waals surface area contributed by atoms with Gasteiger partial charge < -0.3 is 0 Å². The van der Waals surface area contributed by atoms with E-state index >= 15 is 0 Å². The predicted molar refractivity (Wildman–Crippen MR) is 25.6 cm³/mol. The van der Waals surface area contributed by atoms with Crippen molar-refractivity contribution in [2.75, 3.05) is 0 Å². The molecule has 0 aromatic heterocycles. The molecular weight excluding hydrogens is 245 g/mol. The number of hydrogen-bond donors (Lipinski definition) is 0. The zero-order chi connectivity index (χ0) is 2.71. The molecule has 0 radical (unpaired) electrons. The molecule has 0 amide bonds. The van der Waals surface area contributed by atoms with E-state index in [2.05, 4.69) is 0 Å². The van der Waals surface area contributed by atoms with Gasteiger partial charge >= 0.3 is 70.1 Å². The first-order chi connectivity index (χ1) is 1.41. The molecule has 5 heavy (non-hydrogen) atoms. The summed E-state index contributed by atoms with van der Waals surface area (Å²) in [7, 11) is 0. The summed E-state index contributed by atoms with van der Waals surface area (Å²) in [5.41, 5.74) is 0. The molecule has 0 N–H and O–H groups in total. The summed E-state index contributed by atoms with van der Waals surface area (Å²) in [6.07, 6.45) is 0. The van der Waals surface area contributed by atoms with Crippen molar-refractivity contribution < 1.29 is 6.15 Å². The van der Waals surface area contributed by atoms with Crippen LogP contribution in [0.2, 0.25) is 0 Å². The molecule has 0 aliphatic rings. The Morgan fingerprint density at radius 3 is 1.20 bits per heavy atom. The van der Waals surface area contributed by atoms with Gasteiger partial charge in [0.25, 0.3) is 0 Å². The molecule has 0 aliphatic heterocycles. The Morgan fingerprint density at radius 2 is 1.20 bits per heavy atom. The van der Waals surface area contributed by atoms with Crippen LogP contribution in [0.4, 0.5) is 0 Å². The van der Waals surface area contributed by atoms with E-state index in [1.54, 1.807) is 0 Å². The van der Waals surface area contributed by atoms with Crippen LogP contribution in [0, 0.1) is 0 Å². The molecule has 26 valence electrons. The first kappa shape index (κ1) is 15.8. The Kier molecular flexibility index (Phi) is 54.0. The van der Waals surface area contributed by atoms with Crippen LogP contribution in [-0.2, 0) is 6.15 Å². The van der Waals surface area contributed by atoms with E-state index < -0.39 is 21.1 Å². The second-order valence-corrected chi connectivity index (χ2v) is 0.559. The number of rotatable bonds is 0. The molecule has 0 heterocycles. The fourth-order valence-corrected chi connectivity index (χ4v) is 0. The van der Waals surface area contributed by atoms with Gasteiger partial charge in [0, 0.05) is 0 Å². The van der Waals surface area contributed by atoms with E-state index in [0.717, 1.165) is 0 Å². The molecule has 0 unspecified atom stereocenters. The first-order valence-electron chi connectivity index (χ1n) is 0.408. The van der Waals surface area contributed by atoms with Gasteiger partial charge in [0.15, 0.2) is 0 Å². The molecule has 5 heteroatoms. The van der Waals surface area contributed by atoms with Gasteiger partial charge in [-0.1, -0.05) is 0 Å². The van der Waals surface area contributed by atoms with Crippen LogP contribution in [0.25, 0.3) is 0 Å². The fourth-order valence-electron chi connectivity index (χ4n) is 0. The molecule has 0 saturated carbocycles. The molecule has 0 spiro atoms. The van der Waals surface area contributed by atoms with Crippen LogP contribution in [0.1, 0.15) is 0 Å². The minimum absolute atomic E-state index is 0. The van der Waals surface area contributed by atoms with Crippen molar-refractivity contribution in [2.24, 2.45) is 0 Å². The van der Waals surface area contributed by atoms with Crippen molar-refractivity contribution in [2.45, 2.75) is 0 Å². The van der Waals surface area contributed by atoms with Crippen molar-refractivity contribution in [1.29, 1.82) is 0 Å². The maximum absolute atomic E-state index is 8.54. The van der Waals surface area contributed by atoms with Crippen molar-refractivity contribution in [3.05, 3.63) is 0 Å². The summed E-state index contributed by atoms with van der Waals surface area (Å²) in [5, 5.41) is 0. The molecule has 0 saturated heterocycles. The topological polar surface area (TPSA) is 34.1 Å². The molecule has 0 aromatic rings. The van der Waals surface area contributed by atoms with Gasteiger partial charge in [-0.15, -0.1) is 0 Å². The standard InChI is InChI=1S/Ga.Mg.2O.Sn.5H. The maximum atomic E-state index is 8.54. The van der Waals surface area contributed by atoms with Crippen LogP contribution in [0.3, 0.4) is 0 Å². The summed E-state index contributed by atoms with van der Waals surface area (Å²) in [6.45, 7) is 0. The first-order valence-corrected chi connectivity index (χ1v) is 2.74. The summed E-state index contributed by atoms with van der Waals surface area (Å²) in [5.74, 6) is 0. The van der Waals surface area contributed by atoms with Gasteiger partial charge in [0.05, 0.1) is 0 Å². The van der Waals surface area contributed by atoms with E-state index in [-0.39, 0.29) is 42.8 Å². The van der Waals surface area contributed by atoms with E-state index in [0.29, 0.717) is 0 Å². The average Bonchev–Trinajstić information content (AvgIpc) is 0.918. The van der Waals surface area contributed by atoms with E-state index in [1.807, 2.05) is 0 Å². The molecular formula is H5GaMgO2Sn. The Bertz CT molecular complexity index is 30.6. The van der Waals surface area contributed by atoms with Crippen molar-refractivity contribution in [3.63, 3.8) is 0 Å². The second kappa shape index (κ2) is 17.0. The molecule has 0 aromatic carbocycles. The van der Waals surface area contributed by atoms with Crippen molar-refractivity contribution in [3.8, 4) is 0 Å². The van der Waals surface area contributed by atoms with E-state index in [9.17, 15) is 0 Å². The molecule has 0 rings (SSSR count). The summed E-state index contributed by atoms with van der Waals surface area (Å²) < 4.78 is 17.1. The van der Waals surface area contributed by atoms with Crippen LogP contribution in [0.5, 0.6) is 0 Å². The normalized spacial score (nSPS) is 1.60. The quantitative estimate of drug-likeness (QED) is 0.438. The SMILES string of the molecule is [GaH3].[MgH2].[O]=[Sn]=[O]. The summed E-state index contributed by atoms with van der Waals surface area (Å²) in [6, 6.07) is 0. The molecule has 2 nitrogen and oxygen atoms in total. The molecule has 0 aliphatic carbocycles. The van der Waals surface area contributed by atoms with E-state index in [4.69, 9.17) is 6.15 Å². The van der Waals surface area contributed by atoms with Gasteiger partial charge in [-0.2, -0.15) is 0 Å². The van der Waals surface area contributed by atoms with Gasteiger partial charge in [-0.25, -0.2) is 0 Å².